The molecular formula is C16H8Br2O2. The molecular weight excluding hydrogens is 384 g/mol. The Morgan fingerprint density at radius 3 is 1.35 bits per heavy atom. The Morgan fingerprint density at radius 1 is 0.600 bits per heavy atom. The number of carbonyl (C=O) groups excluding carboxylic acids is 2. The third-order valence-corrected chi connectivity index (χ3v) is 4.17. The van der Waals surface area contributed by atoms with Crippen molar-refractivity contribution in [1.82, 2.24) is 0 Å². The molecule has 0 saturated heterocycles. The van der Waals surface area contributed by atoms with Crippen molar-refractivity contribution in [2.45, 2.75) is 0 Å². The lowest BCUT2D eigenvalue weighted by molar-refractivity contribution is 0.108. The molecule has 0 amide bonds. The van der Waals surface area contributed by atoms with Gasteiger partial charge in [-0.1, -0.05) is 12.1 Å². The standard InChI is InChI=1S/C16H8Br2O2/c17-15(19)11-3-1-9-5-14-8-12(16(18)20)4-2-10(14)6-13(9)7-11/h1-8H. The zero-order valence-electron chi connectivity index (χ0n) is 10.2. The molecule has 0 aliphatic heterocycles. The number of halogens is 2. The van der Waals surface area contributed by atoms with Gasteiger partial charge in [0.1, 0.15) is 0 Å². The molecule has 0 spiro atoms. The van der Waals surface area contributed by atoms with Crippen LogP contribution in [-0.4, -0.2) is 9.39 Å². The first-order valence-corrected chi connectivity index (χ1v) is 7.50. The van der Waals surface area contributed by atoms with E-state index in [1.54, 1.807) is 12.1 Å². The van der Waals surface area contributed by atoms with Gasteiger partial charge in [-0.15, -0.1) is 0 Å². The largest absolute Gasteiger partial charge is 0.281 e. The number of hydrogen-bond acceptors (Lipinski definition) is 2. The van der Waals surface area contributed by atoms with Gasteiger partial charge in [0, 0.05) is 11.1 Å². The third-order valence-electron chi connectivity index (χ3n) is 3.25. The minimum Gasteiger partial charge on any atom is -0.281 e. The van der Waals surface area contributed by atoms with Gasteiger partial charge in [-0.3, -0.25) is 9.59 Å². The van der Waals surface area contributed by atoms with E-state index < -0.39 is 0 Å². The van der Waals surface area contributed by atoms with Crippen molar-refractivity contribution in [3.05, 3.63) is 59.7 Å². The molecule has 0 aliphatic carbocycles. The summed E-state index contributed by atoms with van der Waals surface area (Å²) in [6.45, 7) is 0. The van der Waals surface area contributed by atoms with E-state index in [0.29, 0.717) is 11.1 Å². The lowest BCUT2D eigenvalue weighted by atomic mass is 10.0. The fraction of sp³-hybridized carbons (Fsp3) is 0. The van der Waals surface area contributed by atoms with Crippen molar-refractivity contribution in [3.63, 3.8) is 0 Å². The molecule has 0 unspecified atom stereocenters. The summed E-state index contributed by atoms with van der Waals surface area (Å²) in [7, 11) is 0. The summed E-state index contributed by atoms with van der Waals surface area (Å²) in [6, 6.07) is 15.1. The summed E-state index contributed by atoms with van der Waals surface area (Å²) in [5.41, 5.74) is 1.26. The zero-order valence-corrected chi connectivity index (χ0v) is 13.4. The van der Waals surface area contributed by atoms with Gasteiger partial charge in [0.15, 0.2) is 0 Å². The normalized spacial score (nSPS) is 10.9. The second-order valence-electron chi connectivity index (χ2n) is 4.52. The van der Waals surface area contributed by atoms with Gasteiger partial charge >= 0.3 is 0 Å². The predicted octanol–water partition coefficient (Wildman–Crippen LogP) is 5.06. The van der Waals surface area contributed by atoms with Gasteiger partial charge in [0.25, 0.3) is 0 Å². The topological polar surface area (TPSA) is 34.1 Å². The molecule has 4 heteroatoms. The maximum atomic E-state index is 11.3. The Labute approximate surface area is 132 Å². The van der Waals surface area contributed by atoms with Gasteiger partial charge in [-0.2, -0.15) is 0 Å². The van der Waals surface area contributed by atoms with Crippen LogP contribution in [-0.2, 0) is 0 Å². The number of hydrogen-bond donors (Lipinski definition) is 0. The highest BCUT2D eigenvalue weighted by atomic mass is 79.9. The number of fused-ring (bicyclic) bond motifs is 2. The minimum absolute atomic E-state index is 0.125. The highest BCUT2D eigenvalue weighted by molar-refractivity contribution is 9.18. The Balaban J connectivity index is 2.27. The van der Waals surface area contributed by atoms with Gasteiger partial charge in [0.2, 0.25) is 9.39 Å². The quantitative estimate of drug-likeness (QED) is 0.451. The molecule has 0 fully saturated rings. The van der Waals surface area contributed by atoms with Crippen molar-refractivity contribution < 1.29 is 9.59 Å². The first-order chi connectivity index (χ1) is 9.54. The lowest BCUT2D eigenvalue weighted by Crippen LogP contribution is -1.89. The van der Waals surface area contributed by atoms with Crippen LogP contribution in [0.2, 0.25) is 0 Å². The van der Waals surface area contributed by atoms with Crippen molar-refractivity contribution in [1.29, 1.82) is 0 Å². The fourth-order valence-electron chi connectivity index (χ4n) is 2.24. The molecule has 0 aromatic heterocycles. The highest BCUT2D eigenvalue weighted by Gasteiger charge is 2.06. The molecule has 0 radical (unpaired) electrons. The van der Waals surface area contributed by atoms with Gasteiger partial charge in [-0.25, -0.2) is 0 Å². The van der Waals surface area contributed by atoms with Crippen LogP contribution in [0.15, 0.2) is 48.5 Å². The van der Waals surface area contributed by atoms with Crippen LogP contribution in [0.5, 0.6) is 0 Å². The van der Waals surface area contributed by atoms with Gasteiger partial charge < -0.3 is 0 Å². The zero-order chi connectivity index (χ0) is 14.3. The van der Waals surface area contributed by atoms with Crippen LogP contribution >= 0.6 is 31.9 Å². The minimum atomic E-state index is -0.125. The van der Waals surface area contributed by atoms with Crippen LogP contribution in [0.25, 0.3) is 21.5 Å². The molecule has 3 rings (SSSR count). The lowest BCUT2D eigenvalue weighted by Gasteiger charge is -2.05. The van der Waals surface area contributed by atoms with E-state index in [4.69, 9.17) is 0 Å². The van der Waals surface area contributed by atoms with E-state index in [9.17, 15) is 9.59 Å². The van der Waals surface area contributed by atoms with Crippen molar-refractivity contribution in [3.8, 4) is 0 Å². The van der Waals surface area contributed by atoms with Crippen molar-refractivity contribution >= 4 is 62.8 Å². The van der Waals surface area contributed by atoms with Crippen molar-refractivity contribution in [2.24, 2.45) is 0 Å². The Morgan fingerprint density at radius 2 is 1.00 bits per heavy atom. The van der Waals surface area contributed by atoms with Crippen LogP contribution in [0, 0.1) is 0 Å². The summed E-state index contributed by atoms with van der Waals surface area (Å²) in [4.78, 5) is 22.7. The van der Waals surface area contributed by atoms with Gasteiger partial charge in [0.05, 0.1) is 0 Å². The molecule has 0 saturated carbocycles. The molecule has 0 bridgehead atoms. The second kappa shape index (κ2) is 5.11. The average Bonchev–Trinajstić information content (AvgIpc) is 2.43. The monoisotopic (exact) mass is 390 g/mol. The Kier molecular flexibility index (Phi) is 3.44. The third kappa shape index (κ3) is 2.41. The molecule has 3 aromatic carbocycles. The van der Waals surface area contributed by atoms with E-state index in [0.717, 1.165) is 21.5 Å². The maximum absolute atomic E-state index is 11.3. The summed E-state index contributed by atoms with van der Waals surface area (Å²) < 4.78 is -0.250. The van der Waals surface area contributed by atoms with Gasteiger partial charge in [-0.05, 0) is 89.8 Å². The van der Waals surface area contributed by atoms with Crippen LogP contribution in [0.1, 0.15) is 20.7 Å². The molecule has 98 valence electrons. The van der Waals surface area contributed by atoms with E-state index in [2.05, 4.69) is 31.9 Å². The maximum Gasteiger partial charge on any atom is 0.228 e. The summed E-state index contributed by atoms with van der Waals surface area (Å²) >= 11 is 5.92. The summed E-state index contributed by atoms with van der Waals surface area (Å²) in [5, 5.41) is 4.07. The summed E-state index contributed by atoms with van der Waals surface area (Å²) in [5.74, 6) is 0. The van der Waals surface area contributed by atoms with E-state index in [-0.39, 0.29) is 9.39 Å². The molecule has 0 aliphatic rings. The first-order valence-electron chi connectivity index (χ1n) is 5.92. The average molecular weight is 392 g/mol. The highest BCUT2D eigenvalue weighted by Crippen LogP contribution is 2.26. The molecule has 2 nitrogen and oxygen atoms in total. The molecule has 0 N–H and O–H groups in total. The van der Waals surface area contributed by atoms with E-state index >= 15 is 0 Å². The Hall–Kier alpha value is -1.52. The molecule has 3 aromatic rings. The molecule has 0 heterocycles. The van der Waals surface area contributed by atoms with Crippen LogP contribution in [0.4, 0.5) is 0 Å². The number of benzene rings is 3. The van der Waals surface area contributed by atoms with Crippen LogP contribution in [0.3, 0.4) is 0 Å². The molecule has 0 atom stereocenters. The summed E-state index contributed by atoms with van der Waals surface area (Å²) in [6.07, 6.45) is 0. The van der Waals surface area contributed by atoms with E-state index in [1.807, 2.05) is 36.4 Å². The molecule has 20 heavy (non-hydrogen) atoms. The van der Waals surface area contributed by atoms with E-state index in [1.165, 1.54) is 0 Å². The second-order valence-corrected chi connectivity index (χ2v) is 5.96. The van der Waals surface area contributed by atoms with Crippen molar-refractivity contribution in [2.75, 3.05) is 0 Å². The number of rotatable bonds is 2. The predicted molar refractivity (Wildman–Crippen MR) is 88.0 cm³/mol. The van der Waals surface area contributed by atoms with Crippen LogP contribution < -0.4 is 0 Å². The number of carbonyl (C=O) groups is 2. The SMILES string of the molecule is O=C(Br)c1ccc2cc3cc(C(=O)Br)ccc3cc2c1. The smallest absolute Gasteiger partial charge is 0.228 e. The fourth-order valence-corrected chi connectivity index (χ4v) is 2.74. The Bertz CT molecular complexity index is 795. The first kappa shape index (κ1) is 13.5.